The van der Waals surface area contributed by atoms with Crippen molar-refractivity contribution in [3.05, 3.63) is 30.1 Å². The van der Waals surface area contributed by atoms with Crippen molar-refractivity contribution in [3.8, 4) is 0 Å². The van der Waals surface area contributed by atoms with Crippen molar-refractivity contribution < 1.29 is 4.74 Å². The quantitative estimate of drug-likeness (QED) is 0.915. The molecule has 1 N–H and O–H groups in total. The summed E-state index contributed by atoms with van der Waals surface area (Å²) in [6.07, 6.45) is 3.52. The first-order valence-corrected chi connectivity index (χ1v) is 7.80. The highest BCUT2D eigenvalue weighted by Gasteiger charge is 2.59. The highest BCUT2D eigenvalue weighted by molar-refractivity contribution is 5.15. The van der Waals surface area contributed by atoms with E-state index in [0.717, 1.165) is 12.3 Å². The zero-order valence-corrected chi connectivity index (χ0v) is 13.0. The number of pyridine rings is 1. The van der Waals surface area contributed by atoms with Gasteiger partial charge in [-0.2, -0.15) is 0 Å². The SMILES string of the molecule is CC(C)[C@H](N[C@@H]1[C@@H]2CCO[C@H]2C1(C)C)c1ccccn1. The van der Waals surface area contributed by atoms with E-state index >= 15 is 0 Å². The predicted molar refractivity (Wildman–Crippen MR) is 80.4 cm³/mol. The Balaban J connectivity index is 1.78. The van der Waals surface area contributed by atoms with Gasteiger partial charge in [-0.05, 0) is 24.5 Å². The minimum Gasteiger partial charge on any atom is -0.377 e. The van der Waals surface area contributed by atoms with E-state index in [2.05, 4.69) is 50.1 Å². The summed E-state index contributed by atoms with van der Waals surface area (Å²) in [4.78, 5) is 4.55. The van der Waals surface area contributed by atoms with Gasteiger partial charge >= 0.3 is 0 Å². The Bertz CT molecular complexity index is 457. The molecule has 0 bridgehead atoms. The van der Waals surface area contributed by atoms with E-state index in [1.165, 1.54) is 6.42 Å². The topological polar surface area (TPSA) is 34.1 Å². The number of hydrogen-bond acceptors (Lipinski definition) is 3. The normalized spacial score (nSPS) is 32.8. The Morgan fingerprint density at radius 3 is 2.80 bits per heavy atom. The van der Waals surface area contributed by atoms with E-state index in [1.807, 2.05) is 12.3 Å². The van der Waals surface area contributed by atoms with Crippen LogP contribution in [0.2, 0.25) is 0 Å². The maximum Gasteiger partial charge on any atom is 0.0685 e. The molecule has 2 fully saturated rings. The van der Waals surface area contributed by atoms with Gasteiger partial charge in [0.2, 0.25) is 0 Å². The van der Waals surface area contributed by atoms with Crippen LogP contribution in [0.15, 0.2) is 24.4 Å². The zero-order chi connectivity index (χ0) is 14.3. The first-order chi connectivity index (χ1) is 9.51. The number of aromatic nitrogens is 1. The minimum absolute atomic E-state index is 0.225. The van der Waals surface area contributed by atoms with Crippen LogP contribution < -0.4 is 5.32 Å². The van der Waals surface area contributed by atoms with E-state index in [-0.39, 0.29) is 5.41 Å². The molecular weight excluding hydrogens is 248 g/mol. The van der Waals surface area contributed by atoms with Gasteiger partial charge in [0, 0.05) is 30.2 Å². The summed E-state index contributed by atoms with van der Waals surface area (Å²) in [7, 11) is 0. The first-order valence-electron chi connectivity index (χ1n) is 7.80. The molecule has 110 valence electrons. The fourth-order valence-electron chi connectivity index (χ4n) is 4.04. The van der Waals surface area contributed by atoms with Crippen LogP contribution in [0, 0.1) is 17.3 Å². The van der Waals surface area contributed by atoms with Crippen molar-refractivity contribution in [2.45, 2.75) is 52.3 Å². The Labute approximate surface area is 122 Å². The van der Waals surface area contributed by atoms with Gasteiger partial charge in [0.1, 0.15) is 0 Å². The van der Waals surface area contributed by atoms with Crippen molar-refractivity contribution in [2.24, 2.45) is 17.3 Å². The molecule has 1 saturated carbocycles. The Morgan fingerprint density at radius 2 is 2.15 bits per heavy atom. The Morgan fingerprint density at radius 1 is 1.35 bits per heavy atom. The van der Waals surface area contributed by atoms with Gasteiger partial charge in [-0.3, -0.25) is 4.98 Å². The van der Waals surface area contributed by atoms with Crippen LogP contribution in [0.5, 0.6) is 0 Å². The van der Waals surface area contributed by atoms with Crippen molar-refractivity contribution in [1.29, 1.82) is 0 Å². The minimum atomic E-state index is 0.225. The summed E-state index contributed by atoms with van der Waals surface area (Å²) >= 11 is 0. The van der Waals surface area contributed by atoms with Crippen LogP contribution in [0.25, 0.3) is 0 Å². The lowest BCUT2D eigenvalue weighted by molar-refractivity contribution is -0.117. The van der Waals surface area contributed by atoms with Crippen molar-refractivity contribution >= 4 is 0 Å². The van der Waals surface area contributed by atoms with Crippen molar-refractivity contribution in [3.63, 3.8) is 0 Å². The van der Waals surface area contributed by atoms with E-state index in [0.29, 0.717) is 30.0 Å². The molecule has 4 atom stereocenters. The third-order valence-electron chi connectivity index (χ3n) is 5.13. The molecule has 1 aliphatic carbocycles. The summed E-state index contributed by atoms with van der Waals surface area (Å²) in [5.74, 6) is 1.21. The Kier molecular flexibility index (Phi) is 3.59. The average molecular weight is 274 g/mol. The second-order valence-electron chi connectivity index (χ2n) is 7.19. The maximum atomic E-state index is 5.89. The van der Waals surface area contributed by atoms with Crippen LogP contribution >= 0.6 is 0 Å². The first kappa shape index (κ1) is 14.0. The smallest absolute Gasteiger partial charge is 0.0685 e. The highest BCUT2D eigenvalue weighted by atomic mass is 16.5. The second-order valence-corrected chi connectivity index (χ2v) is 7.19. The number of nitrogens with one attached hydrogen (secondary N) is 1. The fourth-order valence-corrected chi connectivity index (χ4v) is 4.04. The lowest BCUT2D eigenvalue weighted by Gasteiger charge is -2.56. The van der Waals surface area contributed by atoms with Gasteiger partial charge in [0.15, 0.2) is 0 Å². The summed E-state index contributed by atoms with van der Waals surface area (Å²) in [5, 5.41) is 3.89. The molecule has 1 aromatic heterocycles. The second kappa shape index (κ2) is 5.12. The number of rotatable bonds is 4. The molecule has 3 rings (SSSR count). The molecule has 3 heteroatoms. The fraction of sp³-hybridized carbons (Fsp3) is 0.706. The van der Waals surface area contributed by atoms with E-state index in [1.54, 1.807) is 0 Å². The monoisotopic (exact) mass is 274 g/mol. The van der Waals surface area contributed by atoms with Crippen LogP contribution in [-0.4, -0.2) is 23.7 Å². The molecule has 2 aliphatic rings. The molecule has 0 aromatic carbocycles. The van der Waals surface area contributed by atoms with Gasteiger partial charge in [0.05, 0.1) is 17.8 Å². The molecule has 0 radical (unpaired) electrons. The molecule has 20 heavy (non-hydrogen) atoms. The third-order valence-corrected chi connectivity index (χ3v) is 5.13. The number of fused-ring (bicyclic) bond motifs is 1. The van der Waals surface area contributed by atoms with Crippen LogP contribution in [0.4, 0.5) is 0 Å². The number of hydrogen-bond donors (Lipinski definition) is 1. The lowest BCUT2D eigenvalue weighted by Crippen LogP contribution is -2.66. The van der Waals surface area contributed by atoms with E-state index in [9.17, 15) is 0 Å². The summed E-state index contributed by atoms with van der Waals surface area (Å²) < 4.78 is 5.89. The molecule has 2 heterocycles. The molecule has 0 spiro atoms. The number of nitrogens with zero attached hydrogens (tertiary/aromatic N) is 1. The summed E-state index contributed by atoms with van der Waals surface area (Å²) in [5.41, 5.74) is 1.38. The largest absolute Gasteiger partial charge is 0.377 e. The summed E-state index contributed by atoms with van der Waals surface area (Å²) in [6, 6.07) is 7.04. The van der Waals surface area contributed by atoms with Gasteiger partial charge in [-0.25, -0.2) is 0 Å². The van der Waals surface area contributed by atoms with E-state index in [4.69, 9.17) is 4.74 Å². The van der Waals surface area contributed by atoms with Crippen LogP contribution in [0.1, 0.15) is 45.9 Å². The third kappa shape index (κ3) is 2.17. The summed E-state index contributed by atoms with van der Waals surface area (Å²) in [6.45, 7) is 10.1. The molecule has 0 unspecified atom stereocenters. The van der Waals surface area contributed by atoms with Gasteiger partial charge in [-0.1, -0.05) is 33.8 Å². The lowest BCUT2D eigenvalue weighted by atomic mass is 9.57. The van der Waals surface area contributed by atoms with E-state index < -0.39 is 0 Å². The maximum absolute atomic E-state index is 5.89. The van der Waals surface area contributed by atoms with Crippen molar-refractivity contribution in [1.82, 2.24) is 10.3 Å². The average Bonchev–Trinajstić information content (AvgIpc) is 2.86. The number of ether oxygens (including phenoxy) is 1. The zero-order valence-electron chi connectivity index (χ0n) is 13.0. The van der Waals surface area contributed by atoms with Crippen LogP contribution in [-0.2, 0) is 4.74 Å². The molecule has 0 amide bonds. The Hall–Kier alpha value is -0.930. The van der Waals surface area contributed by atoms with Gasteiger partial charge in [-0.15, -0.1) is 0 Å². The molecule has 3 nitrogen and oxygen atoms in total. The predicted octanol–water partition coefficient (Wildman–Crippen LogP) is 3.18. The van der Waals surface area contributed by atoms with Crippen LogP contribution in [0.3, 0.4) is 0 Å². The standard InChI is InChI=1S/C17H26N2O/c1-11(2)14(13-7-5-6-9-18-13)19-15-12-8-10-20-16(12)17(15,3)4/h5-7,9,11-12,14-16,19H,8,10H2,1-4H3/t12-,14-,15+,16+/m0/s1. The molecule has 1 saturated heterocycles. The van der Waals surface area contributed by atoms with Gasteiger partial charge < -0.3 is 10.1 Å². The molecular formula is C17H26N2O. The highest BCUT2D eigenvalue weighted by Crippen LogP contribution is 2.52. The van der Waals surface area contributed by atoms with Gasteiger partial charge in [0.25, 0.3) is 0 Å². The molecule has 1 aromatic rings. The van der Waals surface area contributed by atoms with Crippen molar-refractivity contribution in [2.75, 3.05) is 6.61 Å². The molecule has 1 aliphatic heterocycles.